The zero-order valence-corrected chi connectivity index (χ0v) is 15.3. The molecule has 5 heteroatoms. The van der Waals surface area contributed by atoms with Gasteiger partial charge in [-0.3, -0.25) is 9.59 Å². The highest BCUT2D eigenvalue weighted by Gasteiger charge is 2.21. The smallest absolute Gasteiger partial charge is 0.222 e. The number of carbonyl (C=O) groups is 2. The molecule has 0 saturated carbocycles. The highest BCUT2D eigenvalue weighted by atomic mass is 32.1. The number of rotatable bonds is 6. The fourth-order valence-electron chi connectivity index (χ4n) is 2.29. The molecule has 1 aliphatic rings. The van der Waals surface area contributed by atoms with E-state index in [9.17, 15) is 9.59 Å². The number of hydrogen-bond acceptors (Lipinski definition) is 3. The third-order valence-electron chi connectivity index (χ3n) is 3.93. The Morgan fingerprint density at radius 1 is 1.23 bits per heavy atom. The maximum Gasteiger partial charge on any atom is 0.222 e. The van der Waals surface area contributed by atoms with E-state index in [2.05, 4.69) is 12.6 Å². The largest absolute Gasteiger partial charge is 0.385 e. The number of allylic oxidation sites excluding steroid dienone is 1. The topological polar surface area (TPSA) is 46.6 Å². The number of ether oxygens (including phenoxy) is 1. The predicted molar refractivity (Wildman–Crippen MR) is 94.1 cm³/mol. The van der Waals surface area contributed by atoms with Crippen LogP contribution < -0.4 is 0 Å². The van der Waals surface area contributed by atoms with E-state index in [1.165, 1.54) is 6.08 Å². The Hall–Kier alpha value is -0.810. The van der Waals surface area contributed by atoms with Gasteiger partial charge in [0, 0.05) is 33.2 Å². The summed E-state index contributed by atoms with van der Waals surface area (Å²) in [6.07, 6.45) is 6.53. The van der Waals surface area contributed by atoms with Crippen LogP contribution in [-0.4, -0.2) is 42.7 Å². The van der Waals surface area contributed by atoms with E-state index in [-0.39, 0.29) is 5.12 Å². The molecule has 1 heterocycles. The summed E-state index contributed by atoms with van der Waals surface area (Å²) in [7, 11) is 1.75. The lowest BCUT2D eigenvalue weighted by molar-refractivity contribution is -0.132. The Kier molecular flexibility index (Phi) is 12.2. The van der Waals surface area contributed by atoms with Crippen molar-refractivity contribution in [3.05, 3.63) is 11.6 Å². The Labute approximate surface area is 140 Å². The van der Waals surface area contributed by atoms with Crippen LogP contribution in [0.5, 0.6) is 0 Å². The molecular weight excluding hydrogens is 298 g/mol. The number of methoxy groups -OCH3 is 1. The Bertz CT molecular complexity index is 361. The molecule has 128 valence electrons. The van der Waals surface area contributed by atoms with Crippen molar-refractivity contribution in [1.82, 2.24) is 4.90 Å². The van der Waals surface area contributed by atoms with Crippen molar-refractivity contribution in [2.45, 2.75) is 52.9 Å². The number of carbonyl (C=O) groups excluding carboxylic acids is 2. The Morgan fingerprint density at radius 3 is 2.18 bits per heavy atom. The Morgan fingerprint density at radius 2 is 1.82 bits per heavy atom. The third-order valence-corrected chi connectivity index (χ3v) is 4.06. The van der Waals surface area contributed by atoms with E-state index in [1.807, 2.05) is 25.7 Å². The number of amides is 1. The molecule has 1 rings (SSSR count). The maximum absolute atomic E-state index is 11.4. The van der Waals surface area contributed by atoms with Crippen molar-refractivity contribution in [3.8, 4) is 0 Å². The molecule has 0 bridgehead atoms. The van der Waals surface area contributed by atoms with Crippen LogP contribution in [0.15, 0.2) is 11.6 Å². The normalized spacial score (nSPS) is 16.0. The average Bonchev–Trinajstić information content (AvgIpc) is 2.52. The lowest BCUT2D eigenvalue weighted by atomic mass is 9.94. The summed E-state index contributed by atoms with van der Waals surface area (Å²) in [5.41, 5.74) is 1.07. The monoisotopic (exact) mass is 329 g/mol. The van der Waals surface area contributed by atoms with Crippen LogP contribution >= 0.6 is 12.6 Å². The van der Waals surface area contributed by atoms with Crippen LogP contribution in [0.25, 0.3) is 0 Å². The number of likely N-dealkylation sites (tertiary alicyclic amines) is 1. The third kappa shape index (κ3) is 10.0. The molecule has 1 saturated heterocycles. The molecule has 4 nitrogen and oxygen atoms in total. The molecule has 1 aliphatic heterocycles. The summed E-state index contributed by atoms with van der Waals surface area (Å²) in [6, 6.07) is 0. The van der Waals surface area contributed by atoms with E-state index in [4.69, 9.17) is 4.74 Å². The van der Waals surface area contributed by atoms with E-state index in [0.717, 1.165) is 56.9 Å². The van der Waals surface area contributed by atoms with Gasteiger partial charge in [-0.25, -0.2) is 0 Å². The van der Waals surface area contributed by atoms with Crippen LogP contribution in [0.2, 0.25) is 0 Å². The van der Waals surface area contributed by atoms with Crippen LogP contribution in [0.1, 0.15) is 52.9 Å². The summed E-state index contributed by atoms with van der Waals surface area (Å²) >= 11 is 3.58. The molecule has 0 unspecified atom stereocenters. The quantitative estimate of drug-likeness (QED) is 0.599. The molecule has 1 amide bonds. The standard InChI is InChI=1S/C11H21NO2.C6H10OS/c1-3-11(13)12-7-4-10(5-8-12)6-9-14-2;1-3-5(2)4-6(7)8/h10H,3-9H2,1-2H3;4H,3H2,1-2H3,(H,7,8)/b;5-4-. The molecule has 22 heavy (non-hydrogen) atoms. The summed E-state index contributed by atoms with van der Waals surface area (Å²) in [6.45, 7) is 8.59. The van der Waals surface area contributed by atoms with Crippen LogP contribution in [0.4, 0.5) is 0 Å². The molecule has 0 N–H and O–H groups in total. The first-order chi connectivity index (χ1) is 10.4. The number of thiol groups is 1. The van der Waals surface area contributed by atoms with Crippen molar-refractivity contribution in [1.29, 1.82) is 0 Å². The first-order valence-corrected chi connectivity index (χ1v) is 8.56. The minimum absolute atomic E-state index is 0.163. The number of hydrogen-bond donors (Lipinski definition) is 1. The summed E-state index contributed by atoms with van der Waals surface area (Å²) in [4.78, 5) is 23.6. The van der Waals surface area contributed by atoms with Gasteiger partial charge in [0.2, 0.25) is 11.0 Å². The van der Waals surface area contributed by atoms with E-state index < -0.39 is 0 Å². The molecule has 0 radical (unpaired) electrons. The predicted octanol–water partition coefficient (Wildman–Crippen LogP) is 3.47. The van der Waals surface area contributed by atoms with Crippen LogP contribution in [0.3, 0.4) is 0 Å². The zero-order chi connectivity index (χ0) is 17.0. The van der Waals surface area contributed by atoms with Crippen LogP contribution in [-0.2, 0) is 14.3 Å². The highest BCUT2D eigenvalue weighted by Crippen LogP contribution is 2.20. The van der Waals surface area contributed by atoms with Crippen molar-refractivity contribution in [2.75, 3.05) is 26.8 Å². The second-order valence-electron chi connectivity index (χ2n) is 5.64. The van der Waals surface area contributed by atoms with Crippen LogP contribution in [0, 0.1) is 5.92 Å². The first kappa shape index (κ1) is 21.2. The second kappa shape index (κ2) is 12.7. The van der Waals surface area contributed by atoms with Gasteiger partial charge < -0.3 is 9.64 Å². The molecular formula is C17H31NO3S. The maximum atomic E-state index is 11.4. The fraction of sp³-hybridized carbons (Fsp3) is 0.765. The summed E-state index contributed by atoms with van der Waals surface area (Å²) in [5, 5.41) is -0.163. The first-order valence-electron chi connectivity index (χ1n) is 8.11. The highest BCUT2D eigenvalue weighted by molar-refractivity contribution is 7.97. The molecule has 0 atom stereocenters. The van der Waals surface area contributed by atoms with E-state index in [1.54, 1.807) is 7.11 Å². The lowest BCUT2D eigenvalue weighted by Crippen LogP contribution is -2.38. The fourth-order valence-corrected chi connectivity index (χ4v) is 2.51. The van der Waals surface area contributed by atoms with Gasteiger partial charge in [0.05, 0.1) is 0 Å². The van der Waals surface area contributed by atoms with Gasteiger partial charge in [-0.05, 0) is 44.6 Å². The van der Waals surface area contributed by atoms with Gasteiger partial charge in [0.1, 0.15) is 0 Å². The van der Waals surface area contributed by atoms with E-state index in [0.29, 0.717) is 12.3 Å². The summed E-state index contributed by atoms with van der Waals surface area (Å²) < 4.78 is 5.06. The van der Waals surface area contributed by atoms with Gasteiger partial charge >= 0.3 is 0 Å². The molecule has 0 aromatic heterocycles. The van der Waals surface area contributed by atoms with Gasteiger partial charge in [0.15, 0.2) is 0 Å². The molecule has 0 aromatic carbocycles. The SMILES string of the molecule is CC/C(C)=C\C(=O)S.CCC(=O)N1CCC(CCOC)CC1. The van der Waals surface area contributed by atoms with Crippen molar-refractivity contribution in [2.24, 2.45) is 5.92 Å². The van der Waals surface area contributed by atoms with E-state index >= 15 is 0 Å². The average molecular weight is 330 g/mol. The molecule has 0 aliphatic carbocycles. The summed E-state index contributed by atoms with van der Waals surface area (Å²) in [5.74, 6) is 1.06. The minimum atomic E-state index is -0.163. The van der Waals surface area contributed by atoms with Crippen molar-refractivity contribution < 1.29 is 14.3 Å². The van der Waals surface area contributed by atoms with Crippen molar-refractivity contribution >= 4 is 23.7 Å². The van der Waals surface area contributed by atoms with Gasteiger partial charge in [0.25, 0.3) is 0 Å². The molecule has 0 aromatic rings. The van der Waals surface area contributed by atoms with Gasteiger partial charge in [-0.1, -0.05) is 19.4 Å². The van der Waals surface area contributed by atoms with Gasteiger partial charge in [-0.15, -0.1) is 12.6 Å². The molecule has 0 spiro atoms. The Balaban J connectivity index is 0.000000472. The lowest BCUT2D eigenvalue weighted by Gasteiger charge is -2.31. The minimum Gasteiger partial charge on any atom is -0.385 e. The molecule has 1 fully saturated rings. The van der Waals surface area contributed by atoms with Crippen molar-refractivity contribution in [3.63, 3.8) is 0 Å². The zero-order valence-electron chi connectivity index (χ0n) is 14.4. The number of nitrogens with zero attached hydrogens (tertiary/aromatic N) is 1. The second-order valence-corrected chi connectivity index (χ2v) is 6.08. The number of piperidine rings is 1. The van der Waals surface area contributed by atoms with Gasteiger partial charge in [-0.2, -0.15) is 0 Å².